The van der Waals surface area contributed by atoms with E-state index in [1.807, 2.05) is 0 Å². The first-order valence-corrected chi connectivity index (χ1v) is 4.53. The molecule has 2 saturated heterocycles. The van der Waals surface area contributed by atoms with Crippen molar-refractivity contribution in [2.24, 2.45) is 0 Å². The highest BCUT2D eigenvalue weighted by molar-refractivity contribution is 4.77. The standard InChI is InChI=1S/C4H7F2N.C4H8FN/c5-4(6)1-2-7-3-4;5-4-1-2-6-3-4/h7H,1-3H2;4,6H,1-3H2. The molecule has 2 N–H and O–H groups in total. The molecular formula is C8H15F3N2. The van der Waals surface area contributed by atoms with Gasteiger partial charge in [0.1, 0.15) is 6.17 Å². The van der Waals surface area contributed by atoms with Crippen LogP contribution in [0.3, 0.4) is 0 Å². The maximum atomic E-state index is 11.9. The van der Waals surface area contributed by atoms with E-state index in [2.05, 4.69) is 10.6 Å². The third kappa shape index (κ3) is 4.47. The van der Waals surface area contributed by atoms with Gasteiger partial charge >= 0.3 is 0 Å². The van der Waals surface area contributed by atoms with E-state index in [9.17, 15) is 13.2 Å². The molecule has 0 radical (unpaired) electrons. The zero-order chi connectivity index (χ0) is 9.73. The molecule has 2 aliphatic heterocycles. The number of rotatable bonds is 0. The van der Waals surface area contributed by atoms with Crippen LogP contribution >= 0.6 is 0 Å². The second-order valence-electron chi connectivity index (χ2n) is 3.37. The summed E-state index contributed by atoms with van der Waals surface area (Å²) in [6.07, 6.45) is 0.150. The third-order valence-corrected chi connectivity index (χ3v) is 2.05. The topological polar surface area (TPSA) is 24.1 Å². The Morgan fingerprint density at radius 3 is 2.08 bits per heavy atom. The lowest BCUT2D eigenvalue weighted by atomic mass is 10.3. The Morgan fingerprint density at radius 2 is 1.92 bits per heavy atom. The zero-order valence-electron chi connectivity index (χ0n) is 7.45. The van der Waals surface area contributed by atoms with Gasteiger partial charge in [-0.15, -0.1) is 0 Å². The van der Waals surface area contributed by atoms with Gasteiger partial charge in [-0.3, -0.25) is 0 Å². The lowest BCUT2D eigenvalue weighted by molar-refractivity contribution is 0.0238. The van der Waals surface area contributed by atoms with Gasteiger partial charge < -0.3 is 10.6 Å². The van der Waals surface area contributed by atoms with Crippen LogP contribution in [0.25, 0.3) is 0 Å². The van der Waals surface area contributed by atoms with Crippen LogP contribution in [0, 0.1) is 0 Å². The van der Waals surface area contributed by atoms with E-state index in [1.165, 1.54) is 0 Å². The number of hydrogen-bond donors (Lipinski definition) is 2. The number of nitrogens with one attached hydrogen (secondary N) is 2. The van der Waals surface area contributed by atoms with Crippen LogP contribution in [0.2, 0.25) is 0 Å². The molecule has 78 valence electrons. The van der Waals surface area contributed by atoms with E-state index in [0.29, 0.717) is 19.5 Å². The van der Waals surface area contributed by atoms with Crippen LogP contribution in [0.1, 0.15) is 12.8 Å². The van der Waals surface area contributed by atoms with Gasteiger partial charge in [0.15, 0.2) is 0 Å². The van der Waals surface area contributed by atoms with Crippen molar-refractivity contribution in [3.05, 3.63) is 0 Å². The van der Waals surface area contributed by atoms with Gasteiger partial charge in [-0.05, 0) is 13.0 Å². The maximum absolute atomic E-state index is 11.9. The first kappa shape index (κ1) is 10.8. The van der Waals surface area contributed by atoms with Gasteiger partial charge in [0.25, 0.3) is 5.92 Å². The van der Waals surface area contributed by atoms with Gasteiger partial charge in [0.2, 0.25) is 0 Å². The second-order valence-corrected chi connectivity index (χ2v) is 3.37. The van der Waals surface area contributed by atoms with Gasteiger partial charge in [-0.25, -0.2) is 13.2 Å². The molecule has 0 spiro atoms. The Labute approximate surface area is 75.9 Å². The molecule has 2 nitrogen and oxygen atoms in total. The molecule has 1 unspecified atom stereocenters. The molecule has 0 aromatic carbocycles. The van der Waals surface area contributed by atoms with Crippen molar-refractivity contribution in [2.75, 3.05) is 26.2 Å². The summed E-state index contributed by atoms with van der Waals surface area (Å²) < 4.78 is 35.6. The molecule has 2 heterocycles. The van der Waals surface area contributed by atoms with Crippen LogP contribution < -0.4 is 10.6 Å². The highest BCUT2D eigenvalue weighted by Crippen LogP contribution is 2.19. The smallest absolute Gasteiger partial charge is 0.261 e. The molecule has 1 atom stereocenters. The molecule has 13 heavy (non-hydrogen) atoms. The molecule has 0 aromatic rings. The van der Waals surface area contributed by atoms with Gasteiger partial charge in [-0.2, -0.15) is 0 Å². The first-order valence-electron chi connectivity index (χ1n) is 4.53. The summed E-state index contributed by atoms with van der Waals surface area (Å²) >= 11 is 0. The Bertz CT molecular complexity index is 138. The SMILES string of the molecule is FC1(F)CCNC1.FC1CCNC1. The Kier molecular flexibility index (Phi) is 3.99. The molecule has 2 aliphatic rings. The van der Waals surface area contributed by atoms with E-state index in [1.54, 1.807) is 0 Å². The van der Waals surface area contributed by atoms with E-state index in [0.717, 1.165) is 6.54 Å². The van der Waals surface area contributed by atoms with Crippen LogP contribution in [-0.4, -0.2) is 38.3 Å². The van der Waals surface area contributed by atoms with Crippen molar-refractivity contribution < 1.29 is 13.2 Å². The van der Waals surface area contributed by atoms with E-state index in [-0.39, 0.29) is 13.0 Å². The summed E-state index contributed by atoms with van der Waals surface area (Å²) in [5.41, 5.74) is 0. The Morgan fingerprint density at radius 1 is 1.15 bits per heavy atom. The average Bonchev–Trinajstić information content (AvgIpc) is 2.62. The maximum Gasteiger partial charge on any atom is 0.261 e. The van der Waals surface area contributed by atoms with Crippen molar-refractivity contribution in [3.8, 4) is 0 Å². The fourth-order valence-electron chi connectivity index (χ4n) is 1.25. The molecule has 0 aliphatic carbocycles. The predicted molar refractivity (Wildman–Crippen MR) is 44.8 cm³/mol. The minimum atomic E-state index is -2.42. The highest BCUT2D eigenvalue weighted by atomic mass is 19.3. The van der Waals surface area contributed by atoms with Crippen LogP contribution in [0.4, 0.5) is 13.2 Å². The second kappa shape index (κ2) is 4.81. The van der Waals surface area contributed by atoms with Crippen LogP contribution in [0.15, 0.2) is 0 Å². The fourth-order valence-corrected chi connectivity index (χ4v) is 1.25. The summed E-state index contributed by atoms with van der Waals surface area (Å²) in [6, 6.07) is 0. The number of alkyl halides is 3. The molecule has 0 bridgehead atoms. The lowest BCUT2D eigenvalue weighted by Gasteiger charge is -2.02. The predicted octanol–water partition coefficient (Wildman–Crippen LogP) is 0.933. The van der Waals surface area contributed by atoms with Crippen molar-refractivity contribution in [1.29, 1.82) is 0 Å². The Hall–Kier alpha value is -0.290. The van der Waals surface area contributed by atoms with Gasteiger partial charge in [0.05, 0.1) is 6.54 Å². The molecule has 0 aromatic heterocycles. The van der Waals surface area contributed by atoms with E-state index < -0.39 is 12.1 Å². The molecule has 0 saturated carbocycles. The van der Waals surface area contributed by atoms with Gasteiger partial charge in [-0.1, -0.05) is 0 Å². The number of hydrogen-bond acceptors (Lipinski definition) is 2. The molecule has 5 heteroatoms. The van der Waals surface area contributed by atoms with Crippen molar-refractivity contribution in [3.63, 3.8) is 0 Å². The van der Waals surface area contributed by atoms with E-state index >= 15 is 0 Å². The van der Waals surface area contributed by atoms with Crippen LogP contribution in [0.5, 0.6) is 0 Å². The normalized spacial score (nSPS) is 31.2. The highest BCUT2D eigenvalue weighted by Gasteiger charge is 2.32. The summed E-state index contributed by atoms with van der Waals surface area (Å²) in [4.78, 5) is 0. The van der Waals surface area contributed by atoms with Crippen LogP contribution in [-0.2, 0) is 0 Å². The summed E-state index contributed by atoms with van der Waals surface area (Å²) in [7, 11) is 0. The molecule has 2 fully saturated rings. The molecule has 0 amide bonds. The summed E-state index contributed by atoms with van der Waals surface area (Å²) in [5, 5.41) is 5.46. The fraction of sp³-hybridized carbons (Fsp3) is 1.00. The minimum Gasteiger partial charge on any atom is -0.314 e. The zero-order valence-corrected chi connectivity index (χ0v) is 7.45. The Balaban J connectivity index is 0.000000132. The first-order chi connectivity index (χ1) is 6.10. The lowest BCUT2D eigenvalue weighted by Crippen LogP contribution is -2.18. The van der Waals surface area contributed by atoms with E-state index in [4.69, 9.17) is 0 Å². The monoisotopic (exact) mass is 196 g/mol. The molecule has 2 rings (SSSR count). The average molecular weight is 196 g/mol. The van der Waals surface area contributed by atoms with Crippen molar-refractivity contribution in [1.82, 2.24) is 10.6 Å². The number of halogens is 3. The van der Waals surface area contributed by atoms with Crippen molar-refractivity contribution in [2.45, 2.75) is 24.9 Å². The largest absolute Gasteiger partial charge is 0.314 e. The molecular weight excluding hydrogens is 181 g/mol. The third-order valence-electron chi connectivity index (χ3n) is 2.05. The minimum absolute atomic E-state index is 0.00694. The quantitative estimate of drug-likeness (QED) is 0.602. The van der Waals surface area contributed by atoms with Crippen molar-refractivity contribution >= 4 is 0 Å². The summed E-state index contributed by atoms with van der Waals surface area (Å²) in [5.74, 6) is -2.42. The van der Waals surface area contributed by atoms with Gasteiger partial charge in [0, 0.05) is 19.5 Å². The summed E-state index contributed by atoms with van der Waals surface area (Å²) in [6.45, 7) is 1.77.